The first-order chi connectivity index (χ1) is 8.08. The first-order valence-electron chi connectivity index (χ1n) is 6.73. The van der Waals surface area contributed by atoms with E-state index in [9.17, 15) is 0 Å². The Morgan fingerprint density at radius 1 is 1.12 bits per heavy atom. The molecular weight excluding hydrogens is 212 g/mol. The summed E-state index contributed by atoms with van der Waals surface area (Å²) in [5, 5.41) is 8.04. The van der Waals surface area contributed by atoms with Crippen molar-refractivity contribution < 1.29 is 0 Å². The fourth-order valence-corrected chi connectivity index (χ4v) is 1.82. The molecule has 0 aliphatic rings. The molecule has 4 nitrogen and oxygen atoms in total. The first-order valence-corrected chi connectivity index (χ1v) is 6.73. The van der Waals surface area contributed by atoms with Crippen LogP contribution in [-0.2, 0) is 12.8 Å². The van der Waals surface area contributed by atoms with Crippen molar-refractivity contribution in [2.24, 2.45) is 5.92 Å². The summed E-state index contributed by atoms with van der Waals surface area (Å²) in [5.41, 5.74) is 0. The number of nitrogens with one attached hydrogen (secondary N) is 1. The van der Waals surface area contributed by atoms with Gasteiger partial charge in [0.05, 0.1) is 6.04 Å². The highest BCUT2D eigenvalue weighted by atomic mass is 15.4. The van der Waals surface area contributed by atoms with Crippen molar-refractivity contribution in [2.45, 2.75) is 53.5 Å². The number of aromatic nitrogens is 3. The maximum Gasteiger partial charge on any atom is 0.150 e. The molecule has 0 radical (unpaired) electrons. The van der Waals surface area contributed by atoms with E-state index >= 15 is 0 Å². The summed E-state index contributed by atoms with van der Waals surface area (Å²) in [5.74, 6) is 2.74. The van der Waals surface area contributed by atoms with E-state index in [-0.39, 0.29) is 0 Å². The van der Waals surface area contributed by atoms with Gasteiger partial charge >= 0.3 is 0 Å². The van der Waals surface area contributed by atoms with E-state index in [0.717, 1.165) is 37.6 Å². The van der Waals surface area contributed by atoms with E-state index in [0.29, 0.717) is 12.0 Å². The van der Waals surface area contributed by atoms with Crippen LogP contribution in [0.25, 0.3) is 0 Å². The standard InChI is InChI=1S/C13H26N4/c1-6-12-15-13(7-2)17(16-12)11(5)9-14-8-10(3)4/h10-11,14H,6-9H2,1-5H3. The van der Waals surface area contributed by atoms with Crippen LogP contribution in [0.3, 0.4) is 0 Å². The summed E-state index contributed by atoms with van der Waals surface area (Å²) in [6.45, 7) is 12.9. The quantitative estimate of drug-likeness (QED) is 0.792. The summed E-state index contributed by atoms with van der Waals surface area (Å²) in [6.07, 6.45) is 1.85. The SMILES string of the molecule is CCc1nc(CC)n(C(C)CNCC(C)C)n1. The van der Waals surface area contributed by atoms with E-state index in [4.69, 9.17) is 0 Å². The Morgan fingerprint density at radius 3 is 2.35 bits per heavy atom. The van der Waals surface area contributed by atoms with Gasteiger partial charge in [0.2, 0.25) is 0 Å². The number of nitrogens with zero attached hydrogens (tertiary/aromatic N) is 3. The van der Waals surface area contributed by atoms with E-state index in [1.807, 2.05) is 0 Å². The average Bonchev–Trinajstić information content (AvgIpc) is 2.71. The van der Waals surface area contributed by atoms with Gasteiger partial charge in [0.1, 0.15) is 5.82 Å². The molecule has 0 aromatic carbocycles. The fourth-order valence-electron chi connectivity index (χ4n) is 1.82. The summed E-state index contributed by atoms with van der Waals surface area (Å²) >= 11 is 0. The smallest absolute Gasteiger partial charge is 0.150 e. The van der Waals surface area contributed by atoms with Gasteiger partial charge < -0.3 is 5.32 Å². The summed E-state index contributed by atoms with van der Waals surface area (Å²) in [7, 11) is 0. The van der Waals surface area contributed by atoms with Gasteiger partial charge in [0.25, 0.3) is 0 Å². The van der Waals surface area contributed by atoms with Crippen LogP contribution in [0.5, 0.6) is 0 Å². The molecule has 0 saturated heterocycles. The minimum Gasteiger partial charge on any atom is -0.314 e. The lowest BCUT2D eigenvalue weighted by atomic mass is 10.2. The van der Waals surface area contributed by atoms with Crippen LogP contribution in [0.4, 0.5) is 0 Å². The predicted molar refractivity (Wildman–Crippen MR) is 71.2 cm³/mol. The predicted octanol–water partition coefficient (Wildman–Crippen LogP) is 2.21. The number of aryl methyl sites for hydroxylation is 2. The van der Waals surface area contributed by atoms with Gasteiger partial charge in [-0.2, -0.15) is 5.10 Å². The van der Waals surface area contributed by atoms with Crippen LogP contribution >= 0.6 is 0 Å². The van der Waals surface area contributed by atoms with E-state index < -0.39 is 0 Å². The molecule has 1 aromatic rings. The lowest BCUT2D eigenvalue weighted by Crippen LogP contribution is -2.28. The molecule has 98 valence electrons. The number of hydrogen-bond donors (Lipinski definition) is 1. The normalized spacial score (nSPS) is 13.3. The van der Waals surface area contributed by atoms with Crippen molar-refractivity contribution >= 4 is 0 Å². The molecule has 1 heterocycles. The lowest BCUT2D eigenvalue weighted by molar-refractivity contribution is 0.422. The summed E-state index contributed by atoms with van der Waals surface area (Å²) < 4.78 is 2.08. The zero-order valence-electron chi connectivity index (χ0n) is 11.8. The van der Waals surface area contributed by atoms with E-state index in [2.05, 4.69) is 54.7 Å². The molecule has 4 heteroatoms. The van der Waals surface area contributed by atoms with Crippen LogP contribution in [0.15, 0.2) is 0 Å². The summed E-state index contributed by atoms with van der Waals surface area (Å²) in [4.78, 5) is 4.54. The molecule has 0 fully saturated rings. The van der Waals surface area contributed by atoms with Crippen molar-refractivity contribution in [2.75, 3.05) is 13.1 Å². The Labute approximate surface area is 105 Å². The Bertz CT molecular complexity index is 330. The molecule has 1 N–H and O–H groups in total. The van der Waals surface area contributed by atoms with Gasteiger partial charge in [0.15, 0.2) is 5.82 Å². The van der Waals surface area contributed by atoms with Crippen molar-refractivity contribution in [1.82, 2.24) is 20.1 Å². The minimum absolute atomic E-state index is 0.372. The lowest BCUT2D eigenvalue weighted by Gasteiger charge is -2.15. The molecule has 0 aliphatic heterocycles. The van der Waals surface area contributed by atoms with Crippen molar-refractivity contribution in [3.05, 3.63) is 11.6 Å². The second kappa shape index (κ2) is 6.74. The molecular formula is C13H26N4. The Balaban J connectivity index is 2.60. The highest BCUT2D eigenvalue weighted by molar-refractivity contribution is 4.94. The third-order valence-electron chi connectivity index (χ3n) is 2.79. The molecule has 1 rings (SSSR count). The van der Waals surface area contributed by atoms with Crippen molar-refractivity contribution in [3.8, 4) is 0 Å². The van der Waals surface area contributed by atoms with Crippen LogP contribution in [0.1, 0.15) is 52.3 Å². The highest BCUT2D eigenvalue weighted by Crippen LogP contribution is 2.09. The number of hydrogen-bond acceptors (Lipinski definition) is 3. The molecule has 1 unspecified atom stereocenters. The fraction of sp³-hybridized carbons (Fsp3) is 0.846. The van der Waals surface area contributed by atoms with Gasteiger partial charge in [-0.1, -0.05) is 27.7 Å². The molecule has 0 bridgehead atoms. The third-order valence-corrected chi connectivity index (χ3v) is 2.79. The van der Waals surface area contributed by atoms with E-state index in [1.165, 1.54) is 0 Å². The Hall–Kier alpha value is -0.900. The van der Waals surface area contributed by atoms with Gasteiger partial charge in [-0.05, 0) is 19.4 Å². The van der Waals surface area contributed by atoms with Crippen LogP contribution in [0, 0.1) is 5.92 Å². The zero-order chi connectivity index (χ0) is 12.8. The molecule has 0 spiro atoms. The van der Waals surface area contributed by atoms with Gasteiger partial charge in [0, 0.05) is 19.4 Å². The Kier molecular flexibility index (Phi) is 5.62. The Morgan fingerprint density at radius 2 is 1.82 bits per heavy atom. The molecule has 1 atom stereocenters. The molecule has 17 heavy (non-hydrogen) atoms. The van der Waals surface area contributed by atoms with Crippen LogP contribution in [-0.4, -0.2) is 27.9 Å². The van der Waals surface area contributed by atoms with E-state index in [1.54, 1.807) is 0 Å². The monoisotopic (exact) mass is 238 g/mol. The minimum atomic E-state index is 0.372. The topological polar surface area (TPSA) is 42.7 Å². The highest BCUT2D eigenvalue weighted by Gasteiger charge is 2.12. The first kappa shape index (κ1) is 14.2. The second-order valence-electron chi connectivity index (χ2n) is 5.00. The molecule has 1 aromatic heterocycles. The van der Waals surface area contributed by atoms with Gasteiger partial charge in [-0.15, -0.1) is 0 Å². The largest absolute Gasteiger partial charge is 0.314 e. The van der Waals surface area contributed by atoms with Crippen LogP contribution in [0.2, 0.25) is 0 Å². The number of rotatable bonds is 7. The molecule has 0 amide bonds. The second-order valence-corrected chi connectivity index (χ2v) is 5.00. The zero-order valence-corrected chi connectivity index (χ0v) is 11.8. The van der Waals surface area contributed by atoms with Crippen molar-refractivity contribution in [1.29, 1.82) is 0 Å². The third kappa shape index (κ3) is 4.11. The van der Waals surface area contributed by atoms with Gasteiger partial charge in [-0.3, -0.25) is 0 Å². The average molecular weight is 238 g/mol. The molecule has 0 aliphatic carbocycles. The maximum absolute atomic E-state index is 4.56. The maximum atomic E-state index is 4.56. The van der Waals surface area contributed by atoms with Crippen molar-refractivity contribution in [3.63, 3.8) is 0 Å². The summed E-state index contributed by atoms with van der Waals surface area (Å²) in [6, 6.07) is 0.372. The van der Waals surface area contributed by atoms with Crippen LogP contribution < -0.4 is 5.32 Å². The molecule has 0 saturated carbocycles. The van der Waals surface area contributed by atoms with Gasteiger partial charge in [-0.25, -0.2) is 9.67 Å².